The average Bonchev–Trinajstić information content (AvgIpc) is 3.05. The van der Waals surface area contributed by atoms with Crippen LogP contribution in [0, 0.1) is 13.8 Å². The summed E-state index contributed by atoms with van der Waals surface area (Å²) in [5, 5.41) is 15.4. The minimum atomic E-state index is -0.295. The number of carbonyl (C=O) groups excluding carboxylic acids is 1. The van der Waals surface area contributed by atoms with Gasteiger partial charge in [0.15, 0.2) is 4.34 Å². The highest BCUT2D eigenvalue weighted by molar-refractivity contribution is 8.02. The van der Waals surface area contributed by atoms with Crippen molar-refractivity contribution in [2.24, 2.45) is 0 Å². The maximum atomic E-state index is 12.5. The number of hydrogen-bond donors (Lipinski definition) is 2. The predicted octanol–water partition coefficient (Wildman–Crippen LogP) is 5.67. The lowest BCUT2D eigenvalue weighted by Crippen LogP contribution is -2.22. The van der Waals surface area contributed by atoms with Crippen molar-refractivity contribution >= 4 is 57.1 Å². The Bertz CT molecular complexity index is 960. The second-order valence-corrected chi connectivity index (χ2v) is 9.08. The van der Waals surface area contributed by atoms with E-state index in [1.807, 2.05) is 63.2 Å². The molecule has 1 amide bonds. The molecule has 0 aliphatic rings. The molecule has 0 fully saturated rings. The fraction of sp³-hybridized carbons (Fsp3) is 0.211. The third-order valence-corrected chi connectivity index (χ3v) is 6.04. The zero-order chi connectivity index (χ0) is 19.4. The van der Waals surface area contributed by atoms with Crippen LogP contribution in [0.25, 0.3) is 0 Å². The van der Waals surface area contributed by atoms with Crippen LogP contribution in [-0.2, 0) is 4.79 Å². The molecule has 0 aliphatic heterocycles. The van der Waals surface area contributed by atoms with Crippen LogP contribution in [0.5, 0.6) is 0 Å². The Balaban J connectivity index is 1.60. The van der Waals surface area contributed by atoms with Crippen molar-refractivity contribution in [2.75, 3.05) is 10.6 Å². The lowest BCUT2D eigenvalue weighted by Gasteiger charge is -2.12. The molecule has 0 saturated carbocycles. The van der Waals surface area contributed by atoms with Gasteiger partial charge in [-0.1, -0.05) is 52.9 Å². The summed E-state index contributed by atoms with van der Waals surface area (Å²) >= 11 is 8.77. The Morgan fingerprint density at radius 1 is 1.19 bits per heavy atom. The first kappa shape index (κ1) is 19.7. The van der Waals surface area contributed by atoms with Crippen LogP contribution in [0.1, 0.15) is 18.1 Å². The summed E-state index contributed by atoms with van der Waals surface area (Å²) in [6, 6.07) is 13.4. The largest absolute Gasteiger partial charge is 0.330 e. The standard InChI is InChI=1S/C19H19ClN4OS2/c1-11-7-8-12(2)16(9-11)22-17(25)13(3)26-19-24-23-18(27-19)21-15-6-4-5-14(20)10-15/h4-10,13H,1-3H3,(H,21,23)(H,22,25)/t13-/m0/s1. The minimum Gasteiger partial charge on any atom is -0.330 e. The van der Waals surface area contributed by atoms with Gasteiger partial charge in [0.25, 0.3) is 0 Å². The van der Waals surface area contributed by atoms with Gasteiger partial charge in [0.05, 0.1) is 5.25 Å². The zero-order valence-electron chi connectivity index (χ0n) is 15.1. The molecule has 0 bridgehead atoms. The molecular formula is C19H19ClN4OS2. The van der Waals surface area contributed by atoms with Crippen molar-refractivity contribution in [1.29, 1.82) is 0 Å². The summed E-state index contributed by atoms with van der Waals surface area (Å²) in [5.41, 5.74) is 3.83. The van der Waals surface area contributed by atoms with E-state index in [9.17, 15) is 4.79 Å². The molecule has 2 aromatic carbocycles. The van der Waals surface area contributed by atoms with Crippen LogP contribution in [0.4, 0.5) is 16.5 Å². The Hall–Kier alpha value is -2.09. The van der Waals surface area contributed by atoms with Gasteiger partial charge in [0, 0.05) is 16.4 Å². The molecule has 0 saturated heterocycles. The van der Waals surface area contributed by atoms with Crippen LogP contribution in [0.2, 0.25) is 5.02 Å². The van der Waals surface area contributed by atoms with E-state index in [1.54, 1.807) is 0 Å². The van der Waals surface area contributed by atoms with Crippen LogP contribution in [0.3, 0.4) is 0 Å². The summed E-state index contributed by atoms with van der Waals surface area (Å²) in [6.45, 7) is 5.84. The van der Waals surface area contributed by atoms with Gasteiger partial charge in [0.1, 0.15) is 0 Å². The average molecular weight is 419 g/mol. The molecule has 2 N–H and O–H groups in total. The number of aromatic nitrogens is 2. The lowest BCUT2D eigenvalue weighted by atomic mass is 10.1. The summed E-state index contributed by atoms with van der Waals surface area (Å²) in [4.78, 5) is 12.5. The van der Waals surface area contributed by atoms with Gasteiger partial charge in [0.2, 0.25) is 11.0 Å². The van der Waals surface area contributed by atoms with Crippen LogP contribution >= 0.6 is 34.7 Å². The van der Waals surface area contributed by atoms with Crippen molar-refractivity contribution in [2.45, 2.75) is 30.4 Å². The van der Waals surface area contributed by atoms with Gasteiger partial charge in [-0.2, -0.15) is 0 Å². The number of aryl methyl sites for hydroxylation is 2. The van der Waals surface area contributed by atoms with Crippen molar-refractivity contribution in [3.05, 3.63) is 58.6 Å². The van der Waals surface area contributed by atoms with Crippen molar-refractivity contribution < 1.29 is 4.79 Å². The van der Waals surface area contributed by atoms with E-state index in [2.05, 4.69) is 20.8 Å². The first-order chi connectivity index (χ1) is 12.9. The number of hydrogen-bond acceptors (Lipinski definition) is 6. The molecule has 0 aliphatic carbocycles. The molecule has 0 radical (unpaired) electrons. The highest BCUT2D eigenvalue weighted by Crippen LogP contribution is 2.31. The number of nitrogens with one attached hydrogen (secondary N) is 2. The molecule has 5 nitrogen and oxygen atoms in total. The molecule has 3 rings (SSSR count). The van der Waals surface area contributed by atoms with Crippen LogP contribution < -0.4 is 10.6 Å². The molecule has 27 heavy (non-hydrogen) atoms. The molecular weight excluding hydrogens is 400 g/mol. The second kappa shape index (κ2) is 8.73. The smallest absolute Gasteiger partial charge is 0.237 e. The monoisotopic (exact) mass is 418 g/mol. The fourth-order valence-corrected chi connectivity index (χ4v) is 4.41. The van der Waals surface area contributed by atoms with Gasteiger partial charge >= 0.3 is 0 Å². The number of thioether (sulfide) groups is 1. The van der Waals surface area contributed by atoms with Crippen LogP contribution in [-0.4, -0.2) is 21.4 Å². The van der Waals surface area contributed by atoms with E-state index in [1.165, 1.54) is 23.1 Å². The third kappa shape index (κ3) is 5.45. The minimum absolute atomic E-state index is 0.0618. The van der Waals surface area contributed by atoms with E-state index in [-0.39, 0.29) is 11.2 Å². The van der Waals surface area contributed by atoms with Gasteiger partial charge in [-0.3, -0.25) is 4.79 Å². The van der Waals surface area contributed by atoms with Crippen LogP contribution in [0.15, 0.2) is 46.8 Å². The van der Waals surface area contributed by atoms with E-state index in [4.69, 9.17) is 11.6 Å². The normalized spacial score (nSPS) is 11.9. The first-order valence-corrected chi connectivity index (χ1v) is 10.4. The number of carbonyl (C=O) groups is 1. The van der Waals surface area contributed by atoms with Crippen molar-refractivity contribution in [3.63, 3.8) is 0 Å². The summed E-state index contributed by atoms with van der Waals surface area (Å²) in [6.07, 6.45) is 0. The fourth-order valence-electron chi connectivity index (χ4n) is 2.31. The number of rotatable bonds is 6. The number of amides is 1. The second-order valence-electron chi connectivity index (χ2n) is 6.08. The SMILES string of the molecule is Cc1ccc(C)c(NC(=O)[C@H](C)Sc2nnc(Nc3cccc(Cl)c3)s2)c1. The third-order valence-electron chi connectivity index (χ3n) is 3.78. The van der Waals surface area contributed by atoms with E-state index >= 15 is 0 Å². The highest BCUT2D eigenvalue weighted by atomic mass is 35.5. The molecule has 1 heterocycles. The maximum Gasteiger partial charge on any atom is 0.237 e. The summed E-state index contributed by atoms with van der Waals surface area (Å²) < 4.78 is 0.725. The summed E-state index contributed by atoms with van der Waals surface area (Å²) in [7, 11) is 0. The Labute approximate surface area is 171 Å². The molecule has 0 spiro atoms. The van der Waals surface area contributed by atoms with Crippen molar-refractivity contribution in [1.82, 2.24) is 10.2 Å². The Kier molecular flexibility index (Phi) is 6.36. The molecule has 1 atom stereocenters. The quantitative estimate of drug-likeness (QED) is 0.504. The van der Waals surface area contributed by atoms with E-state index in [0.29, 0.717) is 10.2 Å². The number of halogens is 1. The maximum absolute atomic E-state index is 12.5. The molecule has 1 aromatic heterocycles. The first-order valence-electron chi connectivity index (χ1n) is 8.31. The molecule has 3 aromatic rings. The number of benzene rings is 2. The lowest BCUT2D eigenvalue weighted by molar-refractivity contribution is -0.115. The highest BCUT2D eigenvalue weighted by Gasteiger charge is 2.18. The zero-order valence-corrected chi connectivity index (χ0v) is 17.5. The van der Waals surface area contributed by atoms with Gasteiger partial charge < -0.3 is 10.6 Å². The molecule has 0 unspecified atom stereocenters. The molecule has 140 valence electrons. The Morgan fingerprint density at radius 2 is 2.00 bits per heavy atom. The van der Waals surface area contributed by atoms with E-state index in [0.717, 1.165) is 26.8 Å². The van der Waals surface area contributed by atoms with Gasteiger partial charge in [-0.25, -0.2) is 0 Å². The topological polar surface area (TPSA) is 66.9 Å². The number of anilines is 3. The van der Waals surface area contributed by atoms with Crippen molar-refractivity contribution in [3.8, 4) is 0 Å². The van der Waals surface area contributed by atoms with Gasteiger partial charge in [-0.05, 0) is 56.2 Å². The molecule has 8 heteroatoms. The number of nitrogens with zero attached hydrogens (tertiary/aromatic N) is 2. The predicted molar refractivity (Wildman–Crippen MR) is 115 cm³/mol. The van der Waals surface area contributed by atoms with E-state index < -0.39 is 0 Å². The Morgan fingerprint density at radius 3 is 2.78 bits per heavy atom. The van der Waals surface area contributed by atoms with Gasteiger partial charge in [-0.15, -0.1) is 10.2 Å². The summed E-state index contributed by atoms with van der Waals surface area (Å²) in [5.74, 6) is -0.0618.